The number of barbiturate groups is 1. The smallest absolute Gasteiger partial charge is 0.273 e. The highest BCUT2D eigenvalue weighted by molar-refractivity contribution is 6.33. The number of hydrogen-bond donors (Lipinski definition) is 1. The van der Waals surface area contributed by atoms with Crippen LogP contribution in [0.5, 0.6) is 0 Å². The van der Waals surface area contributed by atoms with Crippen LogP contribution in [-0.2, 0) is 16.1 Å². The molecule has 0 aliphatic carbocycles. The van der Waals surface area contributed by atoms with Crippen molar-refractivity contribution < 1.29 is 14.4 Å². The van der Waals surface area contributed by atoms with E-state index >= 15 is 0 Å². The number of para-hydroxylation sites is 1. The number of nitrogens with one attached hydrogen (secondary N) is 1. The van der Waals surface area contributed by atoms with Gasteiger partial charge in [0.2, 0.25) is 0 Å². The van der Waals surface area contributed by atoms with Gasteiger partial charge in [0, 0.05) is 11.3 Å². The van der Waals surface area contributed by atoms with E-state index in [4.69, 9.17) is 11.6 Å². The van der Waals surface area contributed by atoms with Crippen molar-refractivity contribution in [2.45, 2.75) is 13.5 Å². The van der Waals surface area contributed by atoms with Gasteiger partial charge in [0.25, 0.3) is 11.8 Å². The van der Waals surface area contributed by atoms with Crippen molar-refractivity contribution in [3.05, 3.63) is 88.2 Å². The lowest BCUT2D eigenvalue weighted by atomic mass is 10.1. The number of halogens is 1. The van der Waals surface area contributed by atoms with Crippen molar-refractivity contribution in [2.75, 3.05) is 0 Å². The molecule has 0 saturated carbocycles. The standard InChI is InChI=1S/C22H17ClN4O3/c1-14-17(19(23)25-27(14)16-10-6-3-7-11-16)12-18-20(28)24-22(30)26(21(18)29)13-15-8-4-2-5-9-15/h2-12H,13H2,1H3,(H,24,28,30). The van der Waals surface area contributed by atoms with E-state index in [1.54, 1.807) is 23.7 Å². The van der Waals surface area contributed by atoms with E-state index in [1.807, 2.05) is 48.5 Å². The molecule has 0 unspecified atom stereocenters. The summed E-state index contributed by atoms with van der Waals surface area (Å²) >= 11 is 6.31. The van der Waals surface area contributed by atoms with Crippen LogP contribution in [0.2, 0.25) is 5.15 Å². The molecule has 2 aromatic carbocycles. The normalized spacial score (nSPS) is 15.6. The Morgan fingerprint density at radius 2 is 1.63 bits per heavy atom. The summed E-state index contributed by atoms with van der Waals surface area (Å²) in [7, 11) is 0. The van der Waals surface area contributed by atoms with Gasteiger partial charge in [-0.05, 0) is 30.7 Å². The first-order chi connectivity index (χ1) is 14.5. The Kier molecular flexibility index (Phi) is 5.20. The average Bonchev–Trinajstić information content (AvgIpc) is 3.03. The van der Waals surface area contributed by atoms with Gasteiger partial charge in [0.1, 0.15) is 5.57 Å². The molecule has 0 spiro atoms. The fourth-order valence-corrected chi connectivity index (χ4v) is 3.48. The molecule has 3 aromatic rings. The molecule has 1 N–H and O–H groups in total. The molecular weight excluding hydrogens is 404 g/mol. The quantitative estimate of drug-likeness (QED) is 0.517. The molecule has 4 rings (SSSR count). The molecule has 1 aliphatic rings. The largest absolute Gasteiger partial charge is 0.331 e. The number of hydrogen-bond acceptors (Lipinski definition) is 4. The molecule has 2 heterocycles. The van der Waals surface area contributed by atoms with Gasteiger partial charge in [-0.15, -0.1) is 0 Å². The van der Waals surface area contributed by atoms with Crippen LogP contribution in [-0.4, -0.2) is 32.5 Å². The number of urea groups is 1. The third kappa shape index (κ3) is 3.62. The Balaban J connectivity index is 1.70. The molecule has 1 saturated heterocycles. The molecule has 0 atom stereocenters. The topological polar surface area (TPSA) is 84.3 Å². The van der Waals surface area contributed by atoms with E-state index in [0.717, 1.165) is 16.2 Å². The summed E-state index contributed by atoms with van der Waals surface area (Å²) in [6.07, 6.45) is 1.38. The second-order valence-electron chi connectivity index (χ2n) is 6.73. The molecule has 1 aromatic heterocycles. The summed E-state index contributed by atoms with van der Waals surface area (Å²) in [4.78, 5) is 38.6. The number of rotatable bonds is 4. The Morgan fingerprint density at radius 1 is 1.00 bits per heavy atom. The lowest BCUT2D eigenvalue weighted by molar-refractivity contribution is -0.130. The van der Waals surface area contributed by atoms with Crippen LogP contribution in [0.3, 0.4) is 0 Å². The zero-order chi connectivity index (χ0) is 21.3. The highest BCUT2D eigenvalue weighted by atomic mass is 35.5. The SMILES string of the molecule is Cc1c(C=C2C(=O)NC(=O)N(Cc3ccccc3)C2=O)c(Cl)nn1-c1ccccc1. The maximum atomic E-state index is 13.0. The van der Waals surface area contributed by atoms with E-state index < -0.39 is 17.8 Å². The number of imide groups is 2. The van der Waals surface area contributed by atoms with Gasteiger partial charge >= 0.3 is 6.03 Å². The number of carbonyl (C=O) groups is 3. The second kappa shape index (κ2) is 7.96. The number of carbonyl (C=O) groups excluding carboxylic acids is 3. The van der Waals surface area contributed by atoms with E-state index in [9.17, 15) is 14.4 Å². The molecule has 8 heteroatoms. The summed E-state index contributed by atoms with van der Waals surface area (Å²) in [5.74, 6) is -1.45. The predicted molar refractivity (Wildman–Crippen MR) is 112 cm³/mol. The molecule has 0 radical (unpaired) electrons. The summed E-state index contributed by atoms with van der Waals surface area (Å²) in [6, 6.07) is 17.7. The van der Waals surface area contributed by atoms with Crippen molar-refractivity contribution in [1.29, 1.82) is 0 Å². The lowest BCUT2D eigenvalue weighted by Gasteiger charge is -2.26. The third-order valence-corrected chi connectivity index (χ3v) is 5.06. The number of nitrogens with zero attached hydrogens (tertiary/aromatic N) is 3. The van der Waals surface area contributed by atoms with Crippen LogP contribution < -0.4 is 5.32 Å². The number of aromatic nitrogens is 2. The monoisotopic (exact) mass is 420 g/mol. The summed E-state index contributed by atoms with van der Waals surface area (Å²) < 4.78 is 1.63. The molecule has 150 valence electrons. The van der Waals surface area contributed by atoms with Crippen LogP contribution in [0.15, 0.2) is 66.2 Å². The van der Waals surface area contributed by atoms with Gasteiger partial charge in [-0.1, -0.05) is 60.1 Å². The minimum atomic E-state index is -0.766. The molecule has 1 aliphatic heterocycles. The van der Waals surface area contributed by atoms with Crippen molar-refractivity contribution >= 4 is 35.5 Å². The summed E-state index contributed by atoms with van der Waals surface area (Å²) in [5.41, 5.74) is 2.48. The first-order valence-corrected chi connectivity index (χ1v) is 9.57. The van der Waals surface area contributed by atoms with Crippen LogP contribution in [0.25, 0.3) is 11.8 Å². The van der Waals surface area contributed by atoms with Gasteiger partial charge in [0.05, 0.1) is 12.2 Å². The Labute approximate surface area is 177 Å². The predicted octanol–water partition coefficient (Wildman–Crippen LogP) is 3.50. The molecule has 30 heavy (non-hydrogen) atoms. The zero-order valence-electron chi connectivity index (χ0n) is 16.0. The molecule has 7 nitrogen and oxygen atoms in total. The van der Waals surface area contributed by atoms with Crippen LogP contribution in [0.4, 0.5) is 4.79 Å². The Bertz CT molecular complexity index is 1170. The van der Waals surface area contributed by atoms with Gasteiger partial charge in [-0.25, -0.2) is 9.48 Å². The Morgan fingerprint density at radius 3 is 2.30 bits per heavy atom. The van der Waals surface area contributed by atoms with E-state index in [-0.39, 0.29) is 17.3 Å². The fourth-order valence-electron chi connectivity index (χ4n) is 3.21. The first-order valence-electron chi connectivity index (χ1n) is 9.19. The third-order valence-electron chi connectivity index (χ3n) is 4.78. The van der Waals surface area contributed by atoms with Crippen molar-refractivity contribution in [3.8, 4) is 5.69 Å². The zero-order valence-corrected chi connectivity index (χ0v) is 16.8. The van der Waals surface area contributed by atoms with E-state index in [0.29, 0.717) is 11.3 Å². The van der Waals surface area contributed by atoms with Gasteiger partial charge in [-0.2, -0.15) is 5.10 Å². The minimum absolute atomic E-state index is 0.0477. The summed E-state index contributed by atoms with van der Waals surface area (Å²) in [5, 5.41) is 6.68. The Hall–Kier alpha value is -3.71. The van der Waals surface area contributed by atoms with Gasteiger partial charge < -0.3 is 0 Å². The van der Waals surface area contributed by atoms with Crippen LogP contribution >= 0.6 is 11.6 Å². The lowest BCUT2D eigenvalue weighted by Crippen LogP contribution is -2.53. The molecular formula is C22H17ClN4O3. The van der Waals surface area contributed by atoms with Crippen molar-refractivity contribution in [1.82, 2.24) is 20.0 Å². The highest BCUT2D eigenvalue weighted by Crippen LogP contribution is 2.26. The first kappa shape index (κ1) is 19.6. The minimum Gasteiger partial charge on any atom is -0.273 e. The van der Waals surface area contributed by atoms with Crippen LogP contribution in [0, 0.1) is 6.92 Å². The van der Waals surface area contributed by atoms with Crippen molar-refractivity contribution in [2.24, 2.45) is 0 Å². The highest BCUT2D eigenvalue weighted by Gasteiger charge is 2.36. The average molecular weight is 421 g/mol. The fraction of sp³-hybridized carbons (Fsp3) is 0.0909. The molecule has 1 fully saturated rings. The van der Waals surface area contributed by atoms with Gasteiger partial charge in [0.15, 0.2) is 5.15 Å². The molecule has 4 amide bonds. The maximum absolute atomic E-state index is 13.0. The second-order valence-corrected chi connectivity index (χ2v) is 7.09. The van der Waals surface area contributed by atoms with Crippen molar-refractivity contribution in [3.63, 3.8) is 0 Å². The number of amides is 4. The van der Waals surface area contributed by atoms with Crippen LogP contribution in [0.1, 0.15) is 16.8 Å². The number of benzene rings is 2. The van der Waals surface area contributed by atoms with E-state index in [2.05, 4.69) is 10.4 Å². The molecule has 0 bridgehead atoms. The summed E-state index contributed by atoms with van der Waals surface area (Å²) in [6.45, 7) is 1.84. The van der Waals surface area contributed by atoms with Gasteiger partial charge in [-0.3, -0.25) is 19.8 Å². The van der Waals surface area contributed by atoms with E-state index in [1.165, 1.54) is 6.08 Å². The maximum Gasteiger partial charge on any atom is 0.331 e.